The fourth-order valence-electron chi connectivity index (χ4n) is 1.50. The summed E-state index contributed by atoms with van der Waals surface area (Å²) in [6.07, 6.45) is -1.39. The summed E-state index contributed by atoms with van der Waals surface area (Å²) in [5.41, 5.74) is 1.75. The highest BCUT2D eigenvalue weighted by Crippen LogP contribution is 2.25. The molecule has 0 aliphatic heterocycles. The quantitative estimate of drug-likeness (QED) is 0.870. The first-order valence-corrected chi connectivity index (χ1v) is 7.45. The highest BCUT2D eigenvalue weighted by Gasteiger charge is 2.18. The van der Waals surface area contributed by atoms with E-state index in [-0.39, 0.29) is 5.12 Å². The molecular formula is C13H17BrO3S. The number of benzene rings is 1. The molecule has 0 amide bonds. The third-order valence-corrected chi connectivity index (χ3v) is 4.32. The van der Waals surface area contributed by atoms with Crippen LogP contribution in [0.3, 0.4) is 0 Å². The second-order valence-corrected chi connectivity index (χ2v) is 6.28. The Morgan fingerprint density at radius 1 is 1.44 bits per heavy atom. The molecule has 0 spiro atoms. The number of halogens is 1. The van der Waals surface area contributed by atoms with E-state index >= 15 is 0 Å². The normalized spacial score (nSPS) is 14.3. The summed E-state index contributed by atoms with van der Waals surface area (Å²) in [4.78, 5) is 10.8. The number of aryl methyl sites for hydroxylation is 1. The minimum absolute atomic E-state index is 0.0229. The highest BCUT2D eigenvalue weighted by atomic mass is 79.9. The van der Waals surface area contributed by atoms with Crippen LogP contribution in [0.15, 0.2) is 22.7 Å². The van der Waals surface area contributed by atoms with E-state index < -0.39 is 12.2 Å². The van der Waals surface area contributed by atoms with Crippen molar-refractivity contribution in [1.82, 2.24) is 0 Å². The fourth-order valence-corrected chi connectivity index (χ4v) is 2.54. The summed E-state index contributed by atoms with van der Waals surface area (Å²) in [6.45, 7) is 3.45. The average Bonchev–Trinajstić information content (AvgIpc) is 2.31. The van der Waals surface area contributed by atoms with Crippen LogP contribution in [0.2, 0.25) is 0 Å². The van der Waals surface area contributed by atoms with E-state index in [1.807, 2.05) is 13.0 Å². The van der Waals surface area contributed by atoms with Crippen molar-refractivity contribution in [2.45, 2.75) is 32.5 Å². The van der Waals surface area contributed by atoms with Gasteiger partial charge in [0.05, 0.1) is 6.10 Å². The van der Waals surface area contributed by atoms with E-state index in [0.717, 1.165) is 21.8 Å². The molecule has 1 aromatic carbocycles. The van der Waals surface area contributed by atoms with Gasteiger partial charge in [0.25, 0.3) is 0 Å². The summed E-state index contributed by atoms with van der Waals surface area (Å²) in [5, 5.41) is 19.9. The van der Waals surface area contributed by atoms with Crippen LogP contribution in [0.1, 0.15) is 30.6 Å². The molecular weight excluding hydrogens is 316 g/mol. The molecule has 0 heterocycles. The average molecular weight is 333 g/mol. The van der Waals surface area contributed by atoms with Crippen LogP contribution in [0.4, 0.5) is 0 Å². The molecule has 0 aliphatic rings. The van der Waals surface area contributed by atoms with E-state index in [9.17, 15) is 15.0 Å². The molecule has 0 fully saturated rings. The molecule has 3 nitrogen and oxygen atoms in total. The topological polar surface area (TPSA) is 57.5 Å². The van der Waals surface area contributed by atoms with Crippen molar-refractivity contribution >= 4 is 32.8 Å². The number of carbonyl (C=O) groups excluding carboxylic acids is 1. The van der Waals surface area contributed by atoms with Crippen molar-refractivity contribution in [2.75, 3.05) is 5.75 Å². The van der Waals surface area contributed by atoms with Crippen LogP contribution >= 0.6 is 27.7 Å². The molecule has 2 unspecified atom stereocenters. The molecule has 2 atom stereocenters. The maximum absolute atomic E-state index is 10.8. The Labute approximate surface area is 120 Å². The maximum Gasteiger partial charge on any atom is 0.185 e. The first-order chi connectivity index (χ1) is 8.41. The van der Waals surface area contributed by atoms with Crippen molar-refractivity contribution in [2.24, 2.45) is 0 Å². The summed E-state index contributed by atoms with van der Waals surface area (Å²) >= 11 is 4.55. The summed E-state index contributed by atoms with van der Waals surface area (Å²) in [5.74, 6) is 0.514. The molecule has 18 heavy (non-hydrogen) atoms. The Morgan fingerprint density at radius 3 is 2.67 bits per heavy atom. The number of thioether (sulfide) groups is 1. The molecule has 0 radical (unpaired) electrons. The number of aliphatic hydroxyl groups is 2. The van der Waals surface area contributed by atoms with Gasteiger partial charge in [-0.1, -0.05) is 39.8 Å². The number of carbonyl (C=O) groups is 1. The molecule has 2 N–H and O–H groups in total. The van der Waals surface area contributed by atoms with E-state index in [1.54, 1.807) is 12.1 Å². The minimum atomic E-state index is -0.922. The van der Waals surface area contributed by atoms with Gasteiger partial charge in [0.2, 0.25) is 0 Å². The van der Waals surface area contributed by atoms with E-state index in [2.05, 4.69) is 15.9 Å². The smallest absolute Gasteiger partial charge is 0.185 e. The number of rotatable bonds is 5. The first kappa shape index (κ1) is 15.7. The zero-order valence-electron chi connectivity index (χ0n) is 10.4. The van der Waals surface area contributed by atoms with Crippen LogP contribution in [0.5, 0.6) is 0 Å². The largest absolute Gasteiger partial charge is 0.390 e. The van der Waals surface area contributed by atoms with Crippen LogP contribution in [0, 0.1) is 6.92 Å². The molecule has 100 valence electrons. The Balaban J connectivity index is 2.59. The van der Waals surface area contributed by atoms with Gasteiger partial charge in [-0.3, -0.25) is 4.79 Å². The highest BCUT2D eigenvalue weighted by molar-refractivity contribution is 9.10. The lowest BCUT2D eigenvalue weighted by Gasteiger charge is -2.18. The Morgan fingerprint density at radius 2 is 2.11 bits per heavy atom. The molecule has 5 heteroatoms. The fraction of sp³-hybridized carbons (Fsp3) is 0.462. The van der Waals surface area contributed by atoms with E-state index in [1.165, 1.54) is 6.92 Å². The molecule has 0 saturated heterocycles. The SMILES string of the molecule is CC(=O)SCCC(O)C(O)c1ccc(C)c(Br)c1. The summed E-state index contributed by atoms with van der Waals surface area (Å²) in [7, 11) is 0. The Hall–Kier alpha value is -0.360. The van der Waals surface area contributed by atoms with Crippen molar-refractivity contribution < 1.29 is 15.0 Å². The lowest BCUT2D eigenvalue weighted by Crippen LogP contribution is -2.19. The molecule has 1 rings (SSSR count). The Bertz CT molecular complexity index is 423. The molecule has 0 aliphatic carbocycles. The van der Waals surface area contributed by atoms with Crippen molar-refractivity contribution in [3.8, 4) is 0 Å². The predicted octanol–water partition coefficient (Wildman–Crippen LogP) is 2.82. The van der Waals surface area contributed by atoms with Crippen LogP contribution in [0.25, 0.3) is 0 Å². The second kappa shape index (κ2) is 7.28. The summed E-state index contributed by atoms with van der Waals surface area (Å²) < 4.78 is 0.907. The van der Waals surface area contributed by atoms with Gasteiger partial charge in [-0.25, -0.2) is 0 Å². The second-order valence-electron chi connectivity index (χ2n) is 4.15. The van der Waals surface area contributed by atoms with Gasteiger partial charge < -0.3 is 10.2 Å². The standard InChI is InChI=1S/C13H17BrO3S/c1-8-3-4-10(7-11(8)14)13(17)12(16)5-6-18-9(2)15/h3-4,7,12-13,16-17H,5-6H2,1-2H3. The van der Waals surface area contributed by atoms with Gasteiger partial charge in [0.15, 0.2) is 5.12 Å². The van der Waals surface area contributed by atoms with Crippen molar-refractivity contribution in [3.63, 3.8) is 0 Å². The van der Waals surface area contributed by atoms with Gasteiger partial charge in [-0.05, 0) is 30.5 Å². The zero-order chi connectivity index (χ0) is 13.7. The van der Waals surface area contributed by atoms with Crippen molar-refractivity contribution in [3.05, 3.63) is 33.8 Å². The van der Waals surface area contributed by atoms with Gasteiger partial charge in [0, 0.05) is 17.1 Å². The van der Waals surface area contributed by atoms with Crippen LogP contribution < -0.4 is 0 Å². The van der Waals surface area contributed by atoms with Gasteiger partial charge >= 0.3 is 0 Å². The van der Waals surface area contributed by atoms with Crippen LogP contribution in [-0.4, -0.2) is 27.2 Å². The zero-order valence-corrected chi connectivity index (χ0v) is 12.8. The van der Waals surface area contributed by atoms with E-state index in [0.29, 0.717) is 17.7 Å². The maximum atomic E-state index is 10.8. The van der Waals surface area contributed by atoms with Gasteiger partial charge in [-0.2, -0.15) is 0 Å². The van der Waals surface area contributed by atoms with Gasteiger partial charge in [0.1, 0.15) is 6.10 Å². The number of aliphatic hydroxyl groups excluding tert-OH is 2. The van der Waals surface area contributed by atoms with E-state index in [4.69, 9.17) is 0 Å². The number of hydrogen-bond donors (Lipinski definition) is 2. The number of hydrogen-bond acceptors (Lipinski definition) is 4. The lowest BCUT2D eigenvalue weighted by molar-refractivity contribution is -0.109. The minimum Gasteiger partial charge on any atom is -0.390 e. The molecule has 0 aromatic heterocycles. The molecule has 0 bridgehead atoms. The van der Waals surface area contributed by atoms with Crippen LogP contribution in [-0.2, 0) is 4.79 Å². The molecule has 1 aromatic rings. The third-order valence-electron chi connectivity index (χ3n) is 2.62. The predicted molar refractivity (Wildman–Crippen MR) is 77.6 cm³/mol. The monoisotopic (exact) mass is 332 g/mol. The Kier molecular flexibility index (Phi) is 6.35. The molecule has 0 saturated carbocycles. The summed E-state index contributed by atoms with van der Waals surface area (Å²) in [6, 6.07) is 5.49. The first-order valence-electron chi connectivity index (χ1n) is 5.67. The van der Waals surface area contributed by atoms with Gasteiger partial charge in [-0.15, -0.1) is 0 Å². The van der Waals surface area contributed by atoms with Crippen molar-refractivity contribution in [1.29, 1.82) is 0 Å². The lowest BCUT2D eigenvalue weighted by atomic mass is 10.0. The third kappa shape index (κ3) is 4.72.